The predicted molar refractivity (Wildman–Crippen MR) is 111 cm³/mol. The second-order valence-corrected chi connectivity index (χ2v) is 7.62. The molecule has 0 radical (unpaired) electrons. The van der Waals surface area contributed by atoms with E-state index >= 15 is 0 Å². The number of ether oxygens (including phenoxy) is 1. The molecule has 1 heterocycles. The molecule has 2 heteroatoms. The van der Waals surface area contributed by atoms with Crippen LogP contribution in [0.25, 0.3) is 0 Å². The molecule has 0 bridgehead atoms. The molecular formula is C24H33NO. The van der Waals surface area contributed by atoms with Gasteiger partial charge in [-0.2, -0.15) is 0 Å². The molecule has 26 heavy (non-hydrogen) atoms. The van der Waals surface area contributed by atoms with Gasteiger partial charge in [0.15, 0.2) is 6.73 Å². The summed E-state index contributed by atoms with van der Waals surface area (Å²) in [6, 6.07) is 15.5. The Labute approximate surface area is 159 Å². The van der Waals surface area contributed by atoms with Crippen LogP contribution in [0.2, 0.25) is 0 Å². The minimum atomic E-state index is 0.632. The lowest BCUT2D eigenvalue weighted by Gasteiger charge is -2.31. The van der Waals surface area contributed by atoms with Gasteiger partial charge in [0.05, 0.1) is 0 Å². The Kier molecular flexibility index (Phi) is 6.99. The standard InChI is InChI=1S/C24H33NO/c1-3-4-5-6-7-8-9-10-21-13-16-24-22(17-21)18-25(19-26-24)23-14-11-20(2)12-15-23/h11-17H,3-10,18-19H2,1-2H3. The lowest BCUT2D eigenvalue weighted by molar-refractivity contribution is 0.289. The summed E-state index contributed by atoms with van der Waals surface area (Å²) in [5.41, 5.74) is 5.30. The van der Waals surface area contributed by atoms with Crippen LogP contribution in [0, 0.1) is 6.92 Å². The van der Waals surface area contributed by atoms with E-state index in [1.54, 1.807) is 0 Å². The molecule has 0 atom stereocenters. The van der Waals surface area contributed by atoms with Crippen LogP contribution in [0.5, 0.6) is 5.75 Å². The van der Waals surface area contributed by atoms with Gasteiger partial charge in [-0.3, -0.25) is 0 Å². The molecule has 2 aromatic rings. The first kappa shape index (κ1) is 18.8. The van der Waals surface area contributed by atoms with Gasteiger partial charge in [-0.1, -0.05) is 75.3 Å². The van der Waals surface area contributed by atoms with Crippen molar-refractivity contribution >= 4 is 5.69 Å². The molecule has 0 spiro atoms. The summed E-state index contributed by atoms with van der Waals surface area (Å²) < 4.78 is 5.98. The average molecular weight is 352 g/mol. The third kappa shape index (κ3) is 5.27. The van der Waals surface area contributed by atoms with Crippen molar-refractivity contribution in [2.24, 2.45) is 0 Å². The van der Waals surface area contributed by atoms with E-state index in [0.29, 0.717) is 6.73 Å². The summed E-state index contributed by atoms with van der Waals surface area (Å²) in [4.78, 5) is 2.30. The van der Waals surface area contributed by atoms with Gasteiger partial charge in [0, 0.05) is 17.8 Å². The van der Waals surface area contributed by atoms with E-state index in [9.17, 15) is 0 Å². The molecule has 3 rings (SSSR count). The molecule has 0 saturated carbocycles. The van der Waals surface area contributed by atoms with Gasteiger partial charge in [0.1, 0.15) is 5.75 Å². The Morgan fingerprint density at radius 2 is 1.62 bits per heavy atom. The molecule has 0 N–H and O–H groups in total. The molecule has 2 aromatic carbocycles. The topological polar surface area (TPSA) is 12.5 Å². The van der Waals surface area contributed by atoms with E-state index in [4.69, 9.17) is 4.74 Å². The highest BCUT2D eigenvalue weighted by molar-refractivity contribution is 5.51. The normalized spacial score (nSPS) is 13.4. The summed E-state index contributed by atoms with van der Waals surface area (Å²) in [7, 11) is 0. The minimum Gasteiger partial charge on any atom is -0.473 e. The fourth-order valence-electron chi connectivity index (χ4n) is 3.66. The zero-order chi connectivity index (χ0) is 18.2. The molecule has 0 aliphatic carbocycles. The van der Waals surface area contributed by atoms with E-state index in [2.05, 4.69) is 61.2 Å². The fourth-order valence-corrected chi connectivity index (χ4v) is 3.66. The van der Waals surface area contributed by atoms with Crippen LogP contribution in [-0.4, -0.2) is 6.73 Å². The summed E-state index contributed by atoms with van der Waals surface area (Å²) in [6.45, 7) is 5.97. The van der Waals surface area contributed by atoms with E-state index in [1.165, 1.54) is 73.7 Å². The maximum absolute atomic E-state index is 5.98. The molecule has 0 aromatic heterocycles. The Hall–Kier alpha value is -1.96. The number of hydrogen-bond donors (Lipinski definition) is 0. The summed E-state index contributed by atoms with van der Waals surface area (Å²) in [5, 5.41) is 0. The predicted octanol–water partition coefficient (Wildman–Crippen LogP) is 6.64. The number of hydrogen-bond acceptors (Lipinski definition) is 2. The highest BCUT2D eigenvalue weighted by Gasteiger charge is 2.17. The van der Waals surface area contributed by atoms with Crippen molar-refractivity contribution in [3.05, 3.63) is 59.2 Å². The highest BCUT2D eigenvalue weighted by atomic mass is 16.5. The van der Waals surface area contributed by atoms with Crippen LogP contribution in [0.1, 0.15) is 68.6 Å². The Morgan fingerprint density at radius 3 is 2.38 bits per heavy atom. The highest BCUT2D eigenvalue weighted by Crippen LogP contribution is 2.29. The number of fused-ring (bicyclic) bond motifs is 1. The Morgan fingerprint density at radius 1 is 0.885 bits per heavy atom. The lowest BCUT2D eigenvalue weighted by atomic mass is 10.0. The van der Waals surface area contributed by atoms with E-state index in [1.807, 2.05) is 0 Å². The molecule has 0 amide bonds. The average Bonchev–Trinajstić information content (AvgIpc) is 2.67. The SMILES string of the molecule is CCCCCCCCCc1ccc2c(c1)CN(c1ccc(C)cc1)CO2. The van der Waals surface area contributed by atoms with Crippen molar-refractivity contribution in [1.29, 1.82) is 0 Å². The number of aryl methyl sites for hydroxylation is 2. The first-order valence-electron chi connectivity index (χ1n) is 10.3. The van der Waals surface area contributed by atoms with Crippen molar-refractivity contribution in [3.63, 3.8) is 0 Å². The zero-order valence-electron chi connectivity index (χ0n) is 16.5. The number of rotatable bonds is 9. The van der Waals surface area contributed by atoms with E-state index in [0.717, 1.165) is 12.3 Å². The first-order valence-corrected chi connectivity index (χ1v) is 10.3. The van der Waals surface area contributed by atoms with Crippen LogP contribution >= 0.6 is 0 Å². The second-order valence-electron chi connectivity index (χ2n) is 7.62. The number of anilines is 1. The van der Waals surface area contributed by atoms with E-state index in [-0.39, 0.29) is 0 Å². The molecule has 1 aliphatic rings. The smallest absolute Gasteiger partial charge is 0.161 e. The van der Waals surface area contributed by atoms with Crippen molar-refractivity contribution < 1.29 is 4.74 Å². The maximum Gasteiger partial charge on any atom is 0.161 e. The minimum absolute atomic E-state index is 0.632. The molecule has 140 valence electrons. The Balaban J connectivity index is 1.51. The maximum atomic E-state index is 5.98. The number of benzene rings is 2. The zero-order valence-corrected chi connectivity index (χ0v) is 16.5. The molecule has 0 unspecified atom stereocenters. The molecule has 2 nitrogen and oxygen atoms in total. The monoisotopic (exact) mass is 351 g/mol. The van der Waals surface area contributed by atoms with Crippen LogP contribution < -0.4 is 9.64 Å². The van der Waals surface area contributed by atoms with Crippen LogP contribution in [-0.2, 0) is 13.0 Å². The Bertz CT molecular complexity index is 677. The van der Waals surface area contributed by atoms with Crippen molar-refractivity contribution in [2.75, 3.05) is 11.6 Å². The van der Waals surface area contributed by atoms with Crippen molar-refractivity contribution in [2.45, 2.75) is 71.8 Å². The summed E-state index contributed by atoms with van der Waals surface area (Å²) in [6.07, 6.45) is 10.7. The summed E-state index contributed by atoms with van der Waals surface area (Å²) in [5.74, 6) is 1.05. The van der Waals surface area contributed by atoms with Crippen molar-refractivity contribution in [3.8, 4) is 5.75 Å². The van der Waals surface area contributed by atoms with Gasteiger partial charge in [-0.05, 0) is 43.5 Å². The van der Waals surface area contributed by atoms with Crippen LogP contribution in [0.4, 0.5) is 5.69 Å². The third-order valence-electron chi connectivity index (χ3n) is 5.33. The quantitative estimate of drug-likeness (QED) is 0.469. The molecule has 1 aliphatic heterocycles. The van der Waals surface area contributed by atoms with Gasteiger partial charge in [-0.15, -0.1) is 0 Å². The largest absolute Gasteiger partial charge is 0.473 e. The van der Waals surface area contributed by atoms with Gasteiger partial charge in [-0.25, -0.2) is 0 Å². The van der Waals surface area contributed by atoms with Gasteiger partial charge >= 0.3 is 0 Å². The van der Waals surface area contributed by atoms with Gasteiger partial charge in [0.2, 0.25) is 0 Å². The summed E-state index contributed by atoms with van der Waals surface area (Å²) >= 11 is 0. The van der Waals surface area contributed by atoms with Crippen LogP contribution in [0.3, 0.4) is 0 Å². The second kappa shape index (κ2) is 9.66. The lowest BCUT2D eigenvalue weighted by Crippen LogP contribution is -2.31. The molecular weight excluding hydrogens is 318 g/mol. The van der Waals surface area contributed by atoms with E-state index < -0.39 is 0 Å². The number of nitrogens with zero attached hydrogens (tertiary/aromatic N) is 1. The van der Waals surface area contributed by atoms with Crippen LogP contribution in [0.15, 0.2) is 42.5 Å². The van der Waals surface area contributed by atoms with Crippen molar-refractivity contribution in [1.82, 2.24) is 0 Å². The fraction of sp³-hybridized carbons (Fsp3) is 0.500. The number of unbranched alkanes of at least 4 members (excludes halogenated alkanes) is 6. The third-order valence-corrected chi connectivity index (χ3v) is 5.33. The van der Waals surface area contributed by atoms with Gasteiger partial charge in [0.25, 0.3) is 0 Å². The van der Waals surface area contributed by atoms with Gasteiger partial charge < -0.3 is 9.64 Å². The molecule has 0 saturated heterocycles. The molecule has 0 fully saturated rings. The first-order chi connectivity index (χ1) is 12.8.